The highest BCUT2D eigenvalue weighted by atomic mass is 19.4. The SMILES string of the molecule is O=C(NO)C1C=C(c2cnn(-c3ccccc3)c2C(F)(F)F)OC1. The van der Waals surface area contributed by atoms with E-state index in [-0.39, 0.29) is 23.6 Å². The number of para-hydroxylation sites is 1. The highest BCUT2D eigenvalue weighted by molar-refractivity contribution is 5.83. The molecule has 1 atom stereocenters. The van der Waals surface area contributed by atoms with Crippen LogP contribution in [0.3, 0.4) is 0 Å². The summed E-state index contributed by atoms with van der Waals surface area (Å²) in [7, 11) is 0. The second-order valence-corrected chi connectivity index (χ2v) is 5.08. The molecule has 0 bridgehead atoms. The largest absolute Gasteiger partial charge is 0.492 e. The summed E-state index contributed by atoms with van der Waals surface area (Å²) >= 11 is 0. The van der Waals surface area contributed by atoms with Gasteiger partial charge in [-0.05, 0) is 18.2 Å². The second-order valence-electron chi connectivity index (χ2n) is 5.08. The minimum absolute atomic E-state index is 0.0990. The first kappa shape index (κ1) is 16.1. The number of carbonyl (C=O) groups excluding carboxylic acids is 1. The van der Waals surface area contributed by atoms with Crippen molar-refractivity contribution >= 4 is 11.7 Å². The molecular weight excluding hydrogens is 327 g/mol. The third kappa shape index (κ3) is 2.85. The number of hydrogen-bond donors (Lipinski definition) is 2. The lowest BCUT2D eigenvalue weighted by atomic mass is 10.1. The van der Waals surface area contributed by atoms with Crippen molar-refractivity contribution in [3.8, 4) is 5.69 Å². The highest BCUT2D eigenvalue weighted by Gasteiger charge is 2.41. The Hall–Kier alpha value is -2.81. The topological polar surface area (TPSA) is 76.4 Å². The zero-order valence-corrected chi connectivity index (χ0v) is 12.1. The van der Waals surface area contributed by atoms with Crippen LogP contribution in [0.15, 0.2) is 42.6 Å². The van der Waals surface area contributed by atoms with Crippen molar-refractivity contribution in [3.05, 3.63) is 53.9 Å². The summed E-state index contributed by atoms with van der Waals surface area (Å²) in [5, 5.41) is 12.4. The fourth-order valence-electron chi connectivity index (χ4n) is 2.43. The van der Waals surface area contributed by atoms with Crippen LogP contribution in [-0.4, -0.2) is 27.5 Å². The molecule has 0 saturated heterocycles. The average molecular weight is 339 g/mol. The molecule has 2 aromatic rings. The lowest BCUT2D eigenvalue weighted by Crippen LogP contribution is -2.27. The van der Waals surface area contributed by atoms with Gasteiger partial charge in [0.05, 0.1) is 23.4 Å². The Kier molecular flexibility index (Phi) is 4.02. The van der Waals surface area contributed by atoms with Crippen molar-refractivity contribution in [1.29, 1.82) is 0 Å². The zero-order chi connectivity index (χ0) is 17.3. The van der Waals surface area contributed by atoms with Gasteiger partial charge >= 0.3 is 6.18 Å². The fourth-order valence-corrected chi connectivity index (χ4v) is 2.43. The molecule has 6 nitrogen and oxygen atoms in total. The summed E-state index contributed by atoms with van der Waals surface area (Å²) in [5.74, 6) is -1.72. The predicted octanol–water partition coefficient (Wildman–Crippen LogP) is 2.38. The third-order valence-corrected chi connectivity index (χ3v) is 3.52. The number of ether oxygens (including phenoxy) is 1. The van der Waals surface area contributed by atoms with E-state index in [2.05, 4.69) is 5.10 Å². The van der Waals surface area contributed by atoms with Crippen LogP contribution in [0.5, 0.6) is 0 Å². The molecule has 3 rings (SSSR count). The molecule has 1 aliphatic heterocycles. The lowest BCUT2D eigenvalue weighted by Gasteiger charge is -2.13. The quantitative estimate of drug-likeness (QED) is 0.665. The van der Waals surface area contributed by atoms with E-state index in [0.717, 1.165) is 10.9 Å². The van der Waals surface area contributed by atoms with Gasteiger partial charge in [0.1, 0.15) is 12.4 Å². The molecule has 0 saturated carbocycles. The first-order valence-corrected chi connectivity index (χ1v) is 6.91. The van der Waals surface area contributed by atoms with Gasteiger partial charge in [-0.25, -0.2) is 10.2 Å². The summed E-state index contributed by atoms with van der Waals surface area (Å²) in [5.41, 5.74) is 0.438. The van der Waals surface area contributed by atoms with E-state index in [1.165, 1.54) is 23.7 Å². The molecule has 9 heteroatoms. The molecule has 0 radical (unpaired) electrons. The molecule has 2 N–H and O–H groups in total. The Labute approximate surface area is 134 Å². The number of nitrogens with zero attached hydrogens (tertiary/aromatic N) is 2. The van der Waals surface area contributed by atoms with Crippen LogP contribution in [0.4, 0.5) is 13.2 Å². The van der Waals surface area contributed by atoms with Crippen LogP contribution in [0, 0.1) is 5.92 Å². The first-order valence-electron chi connectivity index (χ1n) is 6.91. The number of hydrogen-bond acceptors (Lipinski definition) is 4. The van der Waals surface area contributed by atoms with Crippen molar-refractivity contribution in [1.82, 2.24) is 15.3 Å². The summed E-state index contributed by atoms with van der Waals surface area (Å²) in [6.07, 6.45) is -2.41. The number of alkyl halides is 3. The summed E-state index contributed by atoms with van der Waals surface area (Å²) in [4.78, 5) is 11.4. The maximum absolute atomic E-state index is 13.5. The van der Waals surface area contributed by atoms with Gasteiger partial charge in [0.25, 0.3) is 5.91 Å². The average Bonchev–Trinajstić information content (AvgIpc) is 3.21. The van der Waals surface area contributed by atoms with Crippen molar-refractivity contribution in [2.24, 2.45) is 5.92 Å². The molecule has 24 heavy (non-hydrogen) atoms. The van der Waals surface area contributed by atoms with Crippen LogP contribution < -0.4 is 5.48 Å². The summed E-state index contributed by atoms with van der Waals surface area (Å²) in [6, 6.07) is 7.88. The molecule has 0 aliphatic carbocycles. The molecule has 126 valence electrons. The van der Waals surface area contributed by atoms with Crippen LogP contribution >= 0.6 is 0 Å². The van der Waals surface area contributed by atoms with E-state index < -0.39 is 23.7 Å². The van der Waals surface area contributed by atoms with Crippen LogP contribution in [-0.2, 0) is 15.7 Å². The summed E-state index contributed by atoms with van der Waals surface area (Å²) < 4.78 is 46.6. The smallest absolute Gasteiger partial charge is 0.434 e. The van der Waals surface area contributed by atoms with Crippen molar-refractivity contribution in [2.45, 2.75) is 6.18 Å². The van der Waals surface area contributed by atoms with Gasteiger partial charge in [-0.3, -0.25) is 10.0 Å². The predicted molar refractivity (Wildman–Crippen MR) is 75.9 cm³/mol. The minimum Gasteiger partial charge on any atom is -0.492 e. The number of aromatic nitrogens is 2. The number of rotatable bonds is 3. The number of amides is 1. The number of hydroxylamine groups is 1. The Morgan fingerprint density at radius 1 is 1.33 bits per heavy atom. The monoisotopic (exact) mass is 339 g/mol. The van der Waals surface area contributed by atoms with E-state index in [9.17, 15) is 18.0 Å². The lowest BCUT2D eigenvalue weighted by molar-refractivity contribution is -0.143. The van der Waals surface area contributed by atoms with E-state index in [0.29, 0.717) is 0 Å². The zero-order valence-electron chi connectivity index (χ0n) is 12.1. The Bertz CT molecular complexity index is 784. The van der Waals surface area contributed by atoms with Gasteiger partial charge in [0.2, 0.25) is 0 Å². The van der Waals surface area contributed by atoms with Gasteiger partial charge in [0, 0.05) is 0 Å². The van der Waals surface area contributed by atoms with Crippen LogP contribution in [0.25, 0.3) is 11.4 Å². The highest BCUT2D eigenvalue weighted by Crippen LogP contribution is 2.38. The minimum atomic E-state index is -4.68. The number of carbonyl (C=O) groups is 1. The molecule has 1 aromatic heterocycles. The van der Waals surface area contributed by atoms with E-state index in [1.54, 1.807) is 18.2 Å². The third-order valence-electron chi connectivity index (χ3n) is 3.52. The standard InChI is InChI=1S/C15H12F3N3O3/c16-15(17,18)13-11(12-6-9(8-24-12)14(22)20-23)7-19-21(13)10-4-2-1-3-5-10/h1-7,9,23H,8H2,(H,20,22). The first-order chi connectivity index (χ1) is 11.4. The molecule has 1 aromatic carbocycles. The van der Waals surface area contributed by atoms with Crippen molar-refractivity contribution < 1.29 is 27.9 Å². The molecule has 0 fully saturated rings. The number of halogens is 3. The van der Waals surface area contributed by atoms with Gasteiger partial charge in [-0.2, -0.15) is 18.3 Å². The molecule has 0 spiro atoms. The van der Waals surface area contributed by atoms with E-state index in [1.807, 2.05) is 0 Å². The van der Waals surface area contributed by atoms with Gasteiger partial charge in [-0.15, -0.1) is 0 Å². The van der Waals surface area contributed by atoms with E-state index in [4.69, 9.17) is 9.94 Å². The molecule has 2 heterocycles. The molecule has 1 unspecified atom stereocenters. The van der Waals surface area contributed by atoms with Gasteiger partial charge < -0.3 is 4.74 Å². The maximum Gasteiger partial charge on any atom is 0.434 e. The second kappa shape index (κ2) is 6.00. The fraction of sp³-hybridized carbons (Fsp3) is 0.200. The Balaban J connectivity index is 2.07. The summed E-state index contributed by atoms with van der Waals surface area (Å²) in [6.45, 7) is -0.157. The molecule has 1 amide bonds. The normalized spacial score (nSPS) is 17.3. The van der Waals surface area contributed by atoms with Crippen molar-refractivity contribution in [3.63, 3.8) is 0 Å². The maximum atomic E-state index is 13.5. The Morgan fingerprint density at radius 2 is 2.04 bits per heavy atom. The Morgan fingerprint density at radius 3 is 2.67 bits per heavy atom. The molecular formula is C15H12F3N3O3. The van der Waals surface area contributed by atoms with Crippen LogP contribution in [0.2, 0.25) is 0 Å². The van der Waals surface area contributed by atoms with E-state index >= 15 is 0 Å². The molecule has 1 aliphatic rings. The van der Waals surface area contributed by atoms with Crippen molar-refractivity contribution in [2.75, 3.05) is 6.61 Å². The van der Waals surface area contributed by atoms with Gasteiger partial charge in [-0.1, -0.05) is 18.2 Å². The number of benzene rings is 1. The van der Waals surface area contributed by atoms with Crippen LogP contribution in [0.1, 0.15) is 11.3 Å². The van der Waals surface area contributed by atoms with Gasteiger partial charge in [0.15, 0.2) is 5.69 Å². The number of nitrogens with one attached hydrogen (secondary N) is 1.